The fourth-order valence-corrected chi connectivity index (χ4v) is 0.665. The van der Waals surface area contributed by atoms with Gasteiger partial charge in [0.1, 0.15) is 0 Å². The summed E-state index contributed by atoms with van der Waals surface area (Å²) in [4.78, 5) is 0. The third kappa shape index (κ3) is 8.25. The molecule has 0 aliphatic heterocycles. The molecule has 0 aromatic rings. The minimum absolute atomic E-state index is 0. The van der Waals surface area contributed by atoms with Crippen LogP contribution in [0.4, 0.5) is 0 Å². The Labute approximate surface area is 116 Å². The molecular formula is C10H18NO3Y-. The van der Waals surface area contributed by atoms with Crippen molar-refractivity contribution < 1.29 is 48.0 Å². The molecule has 0 spiro atoms. The third-order valence-electron chi connectivity index (χ3n) is 1.81. The van der Waals surface area contributed by atoms with E-state index in [4.69, 9.17) is 21.1 Å². The fraction of sp³-hybridized carbons (Fsp3) is 0.600. The zero-order valence-corrected chi connectivity index (χ0v) is 11.8. The van der Waals surface area contributed by atoms with Crippen molar-refractivity contribution in [2.45, 2.75) is 18.9 Å². The van der Waals surface area contributed by atoms with E-state index in [1.54, 1.807) is 0 Å². The quantitative estimate of drug-likeness (QED) is 0.520. The minimum Gasteiger partial charge on any atom is -0.394 e. The van der Waals surface area contributed by atoms with Gasteiger partial charge in [0.25, 0.3) is 0 Å². The number of aliphatic hydroxyl groups is 3. The zero-order chi connectivity index (χ0) is 11.0. The molecule has 5 N–H and O–H groups in total. The van der Waals surface area contributed by atoms with Crippen LogP contribution in [-0.2, 0) is 32.7 Å². The van der Waals surface area contributed by atoms with Crippen LogP contribution in [-0.4, -0.2) is 40.7 Å². The average molecular weight is 289 g/mol. The molecular weight excluding hydrogens is 271 g/mol. The van der Waals surface area contributed by atoms with Gasteiger partial charge in [0.05, 0.1) is 25.4 Å². The Morgan fingerprint density at radius 3 is 1.87 bits per heavy atom. The Balaban J connectivity index is 0. The van der Waals surface area contributed by atoms with Crippen LogP contribution in [0.2, 0.25) is 0 Å². The second-order valence-corrected chi connectivity index (χ2v) is 3.30. The summed E-state index contributed by atoms with van der Waals surface area (Å²) in [5.41, 5.74) is 5.21. The van der Waals surface area contributed by atoms with Gasteiger partial charge in [0.15, 0.2) is 0 Å². The second-order valence-electron chi connectivity index (χ2n) is 3.30. The van der Waals surface area contributed by atoms with Gasteiger partial charge >= 0.3 is 0 Å². The summed E-state index contributed by atoms with van der Waals surface area (Å²) >= 11 is 0. The Morgan fingerprint density at radius 2 is 1.80 bits per heavy atom. The van der Waals surface area contributed by atoms with Crippen LogP contribution in [0.5, 0.6) is 0 Å². The van der Waals surface area contributed by atoms with Gasteiger partial charge < -0.3 is 21.1 Å². The van der Waals surface area contributed by atoms with Gasteiger partial charge in [0.2, 0.25) is 0 Å². The number of nitrogens with two attached hydrogens (primary N) is 1. The topological polar surface area (TPSA) is 86.7 Å². The first-order valence-corrected chi connectivity index (χ1v) is 4.43. The van der Waals surface area contributed by atoms with Gasteiger partial charge in [-0.1, -0.05) is 6.92 Å². The van der Waals surface area contributed by atoms with E-state index in [9.17, 15) is 0 Å². The van der Waals surface area contributed by atoms with Crippen molar-refractivity contribution in [1.29, 1.82) is 0 Å². The van der Waals surface area contributed by atoms with Crippen molar-refractivity contribution in [3.8, 4) is 0 Å². The summed E-state index contributed by atoms with van der Waals surface area (Å²) in [5.74, 6) is 0. The number of aliphatic hydroxyl groups excluding tert-OH is 3. The molecule has 0 bridgehead atoms. The van der Waals surface area contributed by atoms with Crippen molar-refractivity contribution in [3.05, 3.63) is 23.8 Å². The van der Waals surface area contributed by atoms with Crippen LogP contribution in [0.15, 0.2) is 17.7 Å². The van der Waals surface area contributed by atoms with E-state index in [-0.39, 0.29) is 32.7 Å². The Hall–Kier alpha value is 0.424. The van der Waals surface area contributed by atoms with E-state index < -0.39 is 25.4 Å². The molecule has 0 aromatic heterocycles. The molecule has 0 unspecified atom stereocenters. The van der Waals surface area contributed by atoms with E-state index in [0.29, 0.717) is 0 Å². The molecule has 0 amide bonds. The zero-order valence-electron chi connectivity index (χ0n) is 8.98. The van der Waals surface area contributed by atoms with E-state index in [0.717, 1.165) is 6.42 Å². The smallest absolute Gasteiger partial charge is 0.0856 e. The molecule has 0 atom stereocenters. The first-order chi connectivity index (χ1) is 6.58. The van der Waals surface area contributed by atoms with Gasteiger partial charge in [-0.2, -0.15) is 6.08 Å². The maximum Gasteiger partial charge on any atom is 0.0856 e. The van der Waals surface area contributed by atoms with Gasteiger partial charge in [-0.05, 0) is 0 Å². The largest absolute Gasteiger partial charge is 0.394 e. The molecule has 0 heterocycles. The van der Waals surface area contributed by atoms with Gasteiger partial charge in [-0.15, -0.1) is 6.42 Å². The Bertz CT molecular complexity index is 202. The third-order valence-corrected chi connectivity index (χ3v) is 1.81. The van der Waals surface area contributed by atoms with Crippen LogP contribution in [0, 0.1) is 6.08 Å². The summed E-state index contributed by atoms with van der Waals surface area (Å²) in [6.07, 6.45) is 8.33. The molecule has 15 heavy (non-hydrogen) atoms. The van der Waals surface area contributed by atoms with Crippen LogP contribution >= 0.6 is 0 Å². The molecule has 85 valence electrons. The monoisotopic (exact) mass is 289 g/mol. The fourth-order valence-electron chi connectivity index (χ4n) is 0.665. The predicted molar refractivity (Wildman–Crippen MR) is 54.4 cm³/mol. The molecule has 1 aliphatic carbocycles. The van der Waals surface area contributed by atoms with Crippen molar-refractivity contribution in [3.63, 3.8) is 0 Å². The van der Waals surface area contributed by atoms with Gasteiger partial charge in [-0.25, -0.2) is 11.6 Å². The first kappa shape index (κ1) is 17.8. The molecule has 4 nitrogen and oxygen atoms in total. The summed E-state index contributed by atoms with van der Waals surface area (Å²) in [5, 5.41) is 25.0. The van der Waals surface area contributed by atoms with Gasteiger partial charge in [-0.3, -0.25) is 6.08 Å². The van der Waals surface area contributed by atoms with Crippen molar-refractivity contribution in [1.82, 2.24) is 0 Å². The average Bonchev–Trinajstić information content (AvgIpc) is 2.69. The van der Waals surface area contributed by atoms with Crippen molar-refractivity contribution in [2.75, 3.05) is 19.8 Å². The van der Waals surface area contributed by atoms with E-state index in [2.05, 4.69) is 25.2 Å². The van der Waals surface area contributed by atoms with Crippen molar-refractivity contribution >= 4 is 0 Å². The van der Waals surface area contributed by atoms with E-state index >= 15 is 0 Å². The molecule has 0 saturated heterocycles. The number of rotatable bonds is 3. The number of hydrogen-bond donors (Lipinski definition) is 4. The normalized spacial score (nSPS) is 13.8. The Kier molecular flexibility index (Phi) is 11.4. The van der Waals surface area contributed by atoms with Gasteiger partial charge in [0, 0.05) is 32.7 Å². The molecule has 1 rings (SSSR count). The standard InChI is InChI=1S/C6H7.C4H11NO3.Y/c1-6-4-2-3-5-6;5-4(1-6,2-7)3-8;/h2,4H,3H2,1H3;6-8H,1-3,5H2;/q-1;;. The summed E-state index contributed by atoms with van der Waals surface area (Å²) < 4.78 is 0. The van der Waals surface area contributed by atoms with E-state index in [1.807, 2.05) is 0 Å². The van der Waals surface area contributed by atoms with Crippen molar-refractivity contribution in [2.24, 2.45) is 5.73 Å². The summed E-state index contributed by atoms with van der Waals surface area (Å²) in [7, 11) is 0. The van der Waals surface area contributed by atoms with Crippen LogP contribution in [0.3, 0.4) is 0 Å². The summed E-state index contributed by atoms with van der Waals surface area (Å²) in [6.45, 7) is 0.851. The molecule has 1 aliphatic rings. The second kappa shape index (κ2) is 9.64. The van der Waals surface area contributed by atoms with Crippen LogP contribution in [0.1, 0.15) is 13.3 Å². The molecule has 0 fully saturated rings. The Morgan fingerprint density at radius 1 is 1.33 bits per heavy atom. The SMILES string of the molecule is CC1=[C-]CC=C1.NC(CO)(CO)CO.[Y]. The molecule has 0 saturated carbocycles. The molecule has 1 radical (unpaired) electrons. The molecule has 5 heteroatoms. The van der Waals surface area contributed by atoms with Crippen LogP contribution in [0.25, 0.3) is 0 Å². The predicted octanol–water partition coefficient (Wildman–Crippen LogP) is -0.646. The maximum atomic E-state index is 8.34. The molecule has 0 aromatic carbocycles. The summed E-state index contributed by atoms with van der Waals surface area (Å²) in [6, 6.07) is 0. The van der Waals surface area contributed by atoms with Crippen LogP contribution < -0.4 is 5.73 Å². The first-order valence-electron chi connectivity index (χ1n) is 4.43. The number of allylic oxidation sites excluding steroid dienone is 4. The minimum atomic E-state index is -1.21. The van der Waals surface area contributed by atoms with E-state index in [1.165, 1.54) is 5.57 Å². The number of hydrogen-bond acceptors (Lipinski definition) is 4. The maximum absolute atomic E-state index is 8.34.